The van der Waals surface area contributed by atoms with E-state index in [1.807, 2.05) is 0 Å². The van der Waals surface area contributed by atoms with Crippen molar-refractivity contribution in [1.82, 2.24) is 4.98 Å². The third-order valence-corrected chi connectivity index (χ3v) is 4.91. The molecule has 1 aliphatic rings. The van der Waals surface area contributed by atoms with Crippen LogP contribution in [0.2, 0.25) is 0 Å². The van der Waals surface area contributed by atoms with Gasteiger partial charge in [-0.2, -0.15) is 13.8 Å². The van der Waals surface area contributed by atoms with Gasteiger partial charge in [-0.05, 0) is 61.3 Å². The van der Waals surface area contributed by atoms with Crippen LogP contribution in [0.3, 0.4) is 0 Å². The molecule has 3 rings (SSSR count). The summed E-state index contributed by atoms with van der Waals surface area (Å²) in [5.74, 6) is -2.63. The highest BCUT2D eigenvalue weighted by molar-refractivity contribution is 5.75. The lowest BCUT2D eigenvalue weighted by Gasteiger charge is -2.27. The highest BCUT2D eigenvalue weighted by Crippen LogP contribution is 2.36. The number of carbonyl (C=O) groups is 1. The summed E-state index contributed by atoms with van der Waals surface area (Å²) in [6.45, 7) is 2.13. The normalized spacial score (nSPS) is 20.3. The molecule has 0 amide bonds. The van der Waals surface area contributed by atoms with Gasteiger partial charge in [0.1, 0.15) is 0 Å². The first-order chi connectivity index (χ1) is 12.1. The molecule has 1 aliphatic carbocycles. The van der Waals surface area contributed by atoms with Gasteiger partial charge in [0.05, 0.1) is 5.92 Å². The van der Waals surface area contributed by atoms with Crippen molar-refractivity contribution in [1.29, 1.82) is 0 Å². The first-order valence-electron chi connectivity index (χ1n) is 8.69. The fraction of sp³-hybridized carbons (Fsp3) is 0.400. The number of aromatic nitrogens is 1. The molecule has 1 heterocycles. The van der Waals surface area contributed by atoms with Gasteiger partial charge < -0.3 is 4.74 Å². The number of halogens is 2. The van der Waals surface area contributed by atoms with Crippen LogP contribution in [0, 0.1) is 17.8 Å². The molecule has 0 saturated heterocycles. The molecule has 1 aromatic heterocycles. The maximum absolute atomic E-state index is 13.5. The minimum Gasteiger partial charge on any atom is -0.421 e. The number of ether oxygens (including phenoxy) is 1. The van der Waals surface area contributed by atoms with Crippen LogP contribution in [0.1, 0.15) is 49.7 Å². The van der Waals surface area contributed by atoms with Gasteiger partial charge in [0, 0.05) is 0 Å². The minimum absolute atomic E-state index is 0.254. The molecule has 2 aromatic rings. The lowest BCUT2D eigenvalue weighted by atomic mass is 9.78. The van der Waals surface area contributed by atoms with Crippen LogP contribution in [0.25, 0.3) is 0 Å². The van der Waals surface area contributed by atoms with E-state index in [0.717, 1.165) is 31.4 Å². The third-order valence-electron chi connectivity index (χ3n) is 4.91. The molecule has 0 radical (unpaired) electrons. The Labute approximate surface area is 146 Å². The number of esters is 1. The van der Waals surface area contributed by atoms with Crippen molar-refractivity contribution >= 4 is 5.97 Å². The molecule has 0 spiro atoms. The monoisotopic (exact) mass is 345 g/mol. The largest absolute Gasteiger partial charge is 0.421 e. The number of pyridine rings is 1. The summed E-state index contributed by atoms with van der Waals surface area (Å²) in [4.78, 5) is 15.2. The molecule has 25 heavy (non-hydrogen) atoms. The van der Waals surface area contributed by atoms with Crippen LogP contribution in [-0.4, -0.2) is 11.0 Å². The topological polar surface area (TPSA) is 39.2 Å². The predicted molar refractivity (Wildman–Crippen MR) is 90.3 cm³/mol. The fourth-order valence-corrected chi connectivity index (χ4v) is 3.36. The van der Waals surface area contributed by atoms with Crippen LogP contribution in [0.5, 0.6) is 5.75 Å². The lowest BCUT2D eigenvalue weighted by molar-refractivity contribution is -0.140. The van der Waals surface area contributed by atoms with Crippen molar-refractivity contribution in [3.63, 3.8) is 0 Å². The van der Waals surface area contributed by atoms with Gasteiger partial charge in [-0.15, -0.1) is 0 Å². The number of hydrogen-bond acceptors (Lipinski definition) is 3. The van der Waals surface area contributed by atoms with E-state index in [0.29, 0.717) is 18.8 Å². The van der Waals surface area contributed by atoms with Gasteiger partial charge in [0.25, 0.3) is 5.95 Å². The van der Waals surface area contributed by atoms with Crippen LogP contribution < -0.4 is 4.74 Å². The van der Waals surface area contributed by atoms with Crippen molar-refractivity contribution in [3.8, 4) is 5.75 Å². The zero-order valence-corrected chi connectivity index (χ0v) is 14.2. The van der Waals surface area contributed by atoms with Gasteiger partial charge in [0.2, 0.25) is 5.95 Å². The SMILES string of the molecule is CCc1ccc(C2CCC(C(=O)Oc3ccc(F)nc3F)CC2)cc1. The second-order valence-corrected chi connectivity index (χ2v) is 6.49. The lowest BCUT2D eigenvalue weighted by Crippen LogP contribution is -2.25. The van der Waals surface area contributed by atoms with Gasteiger partial charge in [-0.3, -0.25) is 4.79 Å². The highest BCUT2D eigenvalue weighted by atomic mass is 19.1. The Kier molecular flexibility index (Phi) is 5.41. The van der Waals surface area contributed by atoms with Crippen LogP contribution in [0.15, 0.2) is 36.4 Å². The molecule has 5 heteroatoms. The molecule has 0 unspecified atom stereocenters. The van der Waals surface area contributed by atoms with Gasteiger partial charge in [0.15, 0.2) is 5.75 Å². The zero-order chi connectivity index (χ0) is 17.8. The van der Waals surface area contributed by atoms with E-state index in [1.165, 1.54) is 11.1 Å². The second-order valence-electron chi connectivity index (χ2n) is 6.49. The van der Waals surface area contributed by atoms with Gasteiger partial charge in [-0.25, -0.2) is 0 Å². The Bertz CT molecular complexity index is 738. The Balaban J connectivity index is 1.56. The zero-order valence-electron chi connectivity index (χ0n) is 14.2. The maximum Gasteiger partial charge on any atom is 0.314 e. The number of nitrogens with zero attached hydrogens (tertiary/aromatic N) is 1. The molecule has 0 N–H and O–H groups in total. The molecule has 132 valence electrons. The summed E-state index contributed by atoms with van der Waals surface area (Å²) in [6.07, 6.45) is 4.23. The van der Waals surface area contributed by atoms with E-state index in [2.05, 4.69) is 36.2 Å². The minimum atomic E-state index is -1.10. The molecular weight excluding hydrogens is 324 g/mol. The summed E-state index contributed by atoms with van der Waals surface area (Å²) in [6, 6.07) is 10.7. The van der Waals surface area contributed by atoms with E-state index < -0.39 is 17.9 Å². The molecule has 1 aromatic carbocycles. The van der Waals surface area contributed by atoms with Crippen molar-refractivity contribution < 1.29 is 18.3 Å². The van der Waals surface area contributed by atoms with E-state index in [4.69, 9.17) is 4.74 Å². The smallest absolute Gasteiger partial charge is 0.314 e. The van der Waals surface area contributed by atoms with E-state index >= 15 is 0 Å². The molecule has 0 atom stereocenters. The molecule has 3 nitrogen and oxygen atoms in total. The molecule has 0 aliphatic heterocycles. The Morgan fingerprint density at radius 2 is 1.76 bits per heavy atom. The Morgan fingerprint density at radius 1 is 1.08 bits per heavy atom. The van der Waals surface area contributed by atoms with E-state index in [-0.39, 0.29) is 11.7 Å². The van der Waals surface area contributed by atoms with Gasteiger partial charge in [-0.1, -0.05) is 31.2 Å². The average molecular weight is 345 g/mol. The maximum atomic E-state index is 13.5. The first kappa shape index (κ1) is 17.5. The summed E-state index contributed by atoms with van der Waals surface area (Å²) in [5.41, 5.74) is 2.62. The Hall–Kier alpha value is -2.30. The van der Waals surface area contributed by atoms with Crippen LogP contribution >= 0.6 is 0 Å². The number of aryl methyl sites for hydroxylation is 1. The van der Waals surface area contributed by atoms with Crippen molar-refractivity contribution in [2.24, 2.45) is 5.92 Å². The van der Waals surface area contributed by atoms with E-state index in [1.54, 1.807) is 0 Å². The van der Waals surface area contributed by atoms with E-state index in [9.17, 15) is 13.6 Å². The average Bonchev–Trinajstić information content (AvgIpc) is 2.64. The predicted octanol–water partition coefficient (Wildman–Crippen LogP) is 4.80. The second kappa shape index (κ2) is 7.72. The fourth-order valence-electron chi connectivity index (χ4n) is 3.36. The first-order valence-corrected chi connectivity index (χ1v) is 8.69. The van der Waals surface area contributed by atoms with Crippen LogP contribution in [-0.2, 0) is 11.2 Å². The molecule has 1 fully saturated rings. The number of hydrogen-bond donors (Lipinski definition) is 0. The summed E-state index contributed by atoms with van der Waals surface area (Å²) in [7, 11) is 0. The standard InChI is InChI=1S/C20H21F2NO2/c1-2-13-3-5-14(6-4-13)15-7-9-16(10-8-15)20(24)25-17-11-12-18(21)23-19(17)22/h3-6,11-12,15-16H,2,7-10H2,1H3. The molecular formula is C20H21F2NO2. The summed E-state index contributed by atoms with van der Waals surface area (Å²) < 4.78 is 31.4. The Morgan fingerprint density at radius 3 is 2.36 bits per heavy atom. The summed E-state index contributed by atoms with van der Waals surface area (Å²) in [5, 5.41) is 0. The molecule has 0 bridgehead atoms. The third kappa shape index (κ3) is 4.21. The number of carbonyl (C=O) groups excluding carboxylic acids is 1. The van der Waals surface area contributed by atoms with Crippen molar-refractivity contribution in [2.45, 2.75) is 44.9 Å². The van der Waals surface area contributed by atoms with Gasteiger partial charge >= 0.3 is 5.97 Å². The van der Waals surface area contributed by atoms with Crippen molar-refractivity contribution in [3.05, 3.63) is 59.4 Å². The molecule has 1 saturated carbocycles. The van der Waals surface area contributed by atoms with Crippen molar-refractivity contribution in [2.75, 3.05) is 0 Å². The number of rotatable bonds is 4. The quantitative estimate of drug-likeness (QED) is 0.590. The number of benzene rings is 1. The highest BCUT2D eigenvalue weighted by Gasteiger charge is 2.29. The van der Waals surface area contributed by atoms with Crippen LogP contribution in [0.4, 0.5) is 8.78 Å². The summed E-state index contributed by atoms with van der Waals surface area (Å²) >= 11 is 0.